The van der Waals surface area contributed by atoms with Crippen molar-refractivity contribution >= 4 is 5.97 Å². The molecule has 508 valence electrons. The van der Waals surface area contributed by atoms with Gasteiger partial charge in [-0.15, -0.1) is 0 Å². The van der Waals surface area contributed by atoms with Gasteiger partial charge in [-0.3, -0.25) is 4.79 Å². The predicted octanol–water partition coefficient (Wildman–Crippen LogP) is -9.61. The number of ether oxygens (including phenoxy) is 12. The molecule has 0 aromatic rings. The molecule has 9 aliphatic rings. The number of carbonyl (C=O) groups is 1. The Labute approximate surface area is 504 Å². The highest BCUT2D eigenvalue weighted by atomic mass is 16.8. The lowest BCUT2D eigenvalue weighted by molar-refractivity contribution is -0.395. The zero-order valence-corrected chi connectivity index (χ0v) is 48.5. The van der Waals surface area contributed by atoms with Crippen LogP contribution in [0.15, 0.2) is 12.2 Å². The molecule has 33 unspecified atom stereocenters. The topological polar surface area (TPSA) is 532 Å². The van der Waals surface area contributed by atoms with Crippen molar-refractivity contribution in [1.29, 1.82) is 0 Å². The minimum absolute atomic E-state index is 0.0383. The average Bonchev–Trinajstić information content (AvgIpc) is 1.05. The summed E-state index contributed by atoms with van der Waals surface area (Å²) in [5.41, 5.74) is -1.31. The van der Waals surface area contributed by atoms with Crippen LogP contribution >= 0.6 is 0 Å². The Morgan fingerprint density at radius 3 is 1.16 bits per heavy atom. The lowest BCUT2D eigenvalue weighted by atomic mass is 9.45. The van der Waals surface area contributed by atoms with Crippen LogP contribution in [0.5, 0.6) is 0 Å². The normalized spacial score (nSPS) is 52.9. The first kappa shape index (κ1) is 70.3. The summed E-state index contributed by atoms with van der Waals surface area (Å²) in [5, 5.41) is 214. The van der Waals surface area contributed by atoms with Crippen molar-refractivity contribution in [3.8, 4) is 0 Å². The highest BCUT2D eigenvalue weighted by molar-refractivity contribution is 5.77. The van der Waals surface area contributed by atoms with Gasteiger partial charge in [0.05, 0.1) is 51.2 Å². The van der Waals surface area contributed by atoms with Crippen LogP contribution in [0, 0.1) is 28.6 Å². The Morgan fingerprint density at radius 1 is 0.420 bits per heavy atom. The van der Waals surface area contributed by atoms with Gasteiger partial charge < -0.3 is 159 Å². The highest BCUT2D eigenvalue weighted by Gasteiger charge is 2.62. The molecule has 0 spiro atoms. The predicted molar refractivity (Wildman–Crippen MR) is 282 cm³/mol. The van der Waals surface area contributed by atoms with Gasteiger partial charge in [-0.25, -0.2) is 0 Å². The van der Waals surface area contributed by atoms with Gasteiger partial charge in [0.25, 0.3) is 0 Å². The molecule has 0 aromatic carbocycles. The molecule has 6 saturated heterocycles. The largest absolute Gasteiger partial charge is 0.432 e. The van der Waals surface area contributed by atoms with Crippen LogP contribution in [0.25, 0.3) is 0 Å². The summed E-state index contributed by atoms with van der Waals surface area (Å²) in [7, 11) is 0. The van der Waals surface area contributed by atoms with Crippen molar-refractivity contribution < 1.29 is 164 Å². The molecular weight excluding hydrogens is 1190 g/mol. The number of hydrogen-bond donors (Lipinski definition) is 20. The molecule has 3 aliphatic carbocycles. The van der Waals surface area contributed by atoms with E-state index in [4.69, 9.17) is 56.8 Å². The van der Waals surface area contributed by atoms with Gasteiger partial charge in [-0.05, 0) is 80.6 Å². The van der Waals surface area contributed by atoms with Gasteiger partial charge in [-0.2, -0.15) is 0 Å². The van der Waals surface area contributed by atoms with E-state index in [0.717, 1.165) is 0 Å². The van der Waals surface area contributed by atoms with E-state index in [-0.39, 0.29) is 18.3 Å². The molecule has 0 amide bonds. The fraction of sp³-hybridized carbons (Fsp3) is 0.945. The second kappa shape index (κ2) is 28.9. The molecule has 33 nitrogen and oxygen atoms in total. The van der Waals surface area contributed by atoms with Crippen molar-refractivity contribution in [2.75, 3.05) is 39.6 Å². The van der Waals surface area contributed by atoms with E-state index >= 15 is 4.79 Å². The zero-order chi connectivity index (χ0) is 64.2. The Hall–Kier alpha value is -2.03. The lowest BCUT2D eigenvalue weighted by Crippen LogP contribution is -2.67. The first-order chi connectivity index (χ1) is 41.7. The van der Waals surface area contributed by atoms with Crippen LogP contribution in [0.4, 0.5) is 0 Å². The first-order valence-electron chi connectivity index (χ1n) is 30.0. The minimum atomic E-state index is -2.05. The number of rotatable bonds is 18. The van der Waals surface area contributed by atoms with Crippen molar-refractivity contribution in [3.63, 3.8) is 0 Å². The maximum absolute atomic E-state index is 15.1. The minimum Gasteiger partial charge on any atom is -0.432 e. The van der Waals surface area contributed by atoms with Gasteiger partial charge in [-0.1, -0.05) is 19.9 Å². The van der Waals surface area contributed by atoms with Crippen LogP contribution in [0.2, 0.25) is 0 Å². The monoisotopic (exact) mass is 1280 g/mol. The van der Waals surface area contributed by atoms with E-state index in [1.807, 2.05) is 0 Å². The van der Waals surface area contributed by atoms with Crippen molar-refractivity contribution in [1.82, 2.24) is 0 Å². The average molecular weight is 1280 g/mol. The maximum atomic E-state index is 15.1. The summed E-state index contributed by atoms with van der Waals surface area (Å²) in [6.07, 6.45) is -52.4. The Kier molecular flexibility index (Phi) is 23.1. The summed E-state index contributed by atoms with van der Waals surface area (Å²) in [6.45, 7) is 2.98. The third kappa shape index (κ3) is 13.4. The molecule has 20 N–H and O–H groups in total. The molecule has 9 fully saturated rings. The summed E-state index contributed by atoms with van der Waals surface area (Å²) in [5.74, 6) is -1.38. The number of fused-ring (bicyclic) bond motifs is 3. The Bertz CT molecular complexity index is 2280. The Morgan fingerprint density at radius 2 is 0.761 bits per heavy atom. The molecule has 9 rings (SSSR count). The fourth-order valence-electron chi connectivity index (χ4n) is 15.0. The highest BCUT2D eigenvalue weighted by Crippen LogP contribution is 2.64. The molecule has 6 heterocycles. The summed E-state index contributed by atoms with van der Waals surface area (Å²) < 4.78 is 71.3. The van der Waals surface area contributed by atoms with Crippen LogP contribution < -0.4 is 0 Å². The lowest BCUT2D eigenvalue weighted by Gasteiger charge is -2.59. The van der Waals surface area contributed by atoms with E-state index in [1.54, 1.807) is 6.92 Å². The van der Waals surface area contributed by atoms with Crippen LogP contribution in [-0.4, -0.2) is 338 Å². The second-order valence-corrected chi connectivity index (χ2v) is 25.4. The number of aliphatic hydroxyl groups excluding tert-OH is 20. The molecule has 36 atom stereocenters. The fourth-order valence-corrected chi connectivity index (χ4v) is 15.0. The number of carbonyl (C=O) groups excluding carboxylic acids is 1. The molecule has 6 aliphatic heterocycles. The van der Waals surface area contributed by atoms with E-state index < -0.39 is 253 Å². The third-order valence-electron chi connectivity index (χ3n) is 20.1. The van der Waals surface area contributed by atoms with E-state index in [0.29, 0.717) is 50.5 Å². The standard InChI is InChI=1S/C55H90O33/c1-18-11-19-5-8-28-54(2,20(19)6-7-21(18)77-49-43(37(70)31(64)24(14-58)80-49)86-50-44(38(71)32(65)25(15-59)81-50)84-47-41(74)35(68)29(62)22(12-56)78-47)9-4-10-55(28,3)53(76)88-52-46(40(73)34(67)27(17-61)83-52)87-51-45(39(72)33(66)26(16-60)82-51)85-48-42(75)36(69)30(63)23(13-57)79-48/h19-52,56-75H,1,4-17H2,2-3H3/t19?,20-,21?,22?,23?,24?,25?,26?,27?,28?,29?,30?,31?,32?,33?,34?,35?,36?,37?,38?,39?,40?,41?,42?,43?,44?,45?,46?,47?,48?,49?,50?,51?,52?,54+,55-/m1/s1. The molecule has 0 radical (unpaired) electrons. The SMILES string of the molecule is C=C1CC2CCC3[C@](C)(C(=O)OC4OC(CO)C(O)C(O)C4OC4OC(CO)C(O)C(O)C4OC4OC(CO)C(O)C(O)C4O)CCC[C@@]3(C)[C@@H]2CCC1OC1OC(CO)C(O)C(O)C1OC1OC(CO)C(O)C(O)C1OC1OC(CO)C(O)C(O)C1O. The maximum Gasteiger partial charge on any atom is 0.314 e. The van der Waals surface area contributed by atoms with Gasteiger partial charge in [0.1, 0.15) is 140 Å². The molecule has 3 saturated carbocycles. The first-order valence-corrected chi connectivity index (χ1v) is 30.0. The molecule has 88 heavy (non-hydrogen) atoms. The van der Waals surface area contributed by atoms with Crippen LogP contribution in [-0.2, 0) is 61.6 Å². The summed E-state index contributed by atoms with van der Waals surface area (Å²) in [6, 6.07) is 0. The van der Waals surface area contributed by atoms with Gasteiger partial charge >= 0.3 is 5.97 Å². The number of aliphatic hydroxyl groups is 20. The zero-order valence-electron chi connectivity index (χ0n) is 48.5. The van der Waals surface area contributed by atoms with Crippen molar-refractivity contribution in [3.05, 3.63) is 12.2 Å². The quantitative estimate of drug-likeness (QED) is 0.0448. The van der Waals surface area contributed by atoms with Crippen LogP contribution in [0.1, 0.15) is 65.2 Å². The Balaban J connectivity index is 0.921. The van der Waals surface area contributed by atoms with Gasteiger partial charge in [0.2, 0.25) is 6.29 Å². The van der Waals surface area contributed by atoms with E-state index in [2.05, 4.69) is 13.5 Å². The smallest absolute Gasteiger partial charge is 0.314 e. The summed E-state index contributed by atoms with van der Waals surface area (Å²) in [4.78, 5) is 15.1. The number of esters is 1. The third-order valence-corrected chi connectivity index (χ3v) is 20.1. The summed E-state index contributed by atoms with van der Waals surface area (Å²) >= 11 is 0. The van der Waals surface area contributed by atoms with Gasteiger partial charge in [0.15, 0.2) is 37.6 Å². The second-order valence-electron chi connectivity index (χ2n) is 25.4. The van der Waals surface area contributed by atoms with E-state index in [1.165, 1.54) is 0 Å². The molecule has 0 aromatic heterocycles. The molecule has 33 heteroatoms. The van der Waals surface area contributed by atoms with Crippen molar-refractivity contribution in [2.24, 2.45) is 28.6 Å². The van der Waals surface area contributed by atoms with Crippen molar-refractivity contribution in [2.45, 2.75) is 256 Å². The molecule has 0 bridgehead atoms. The van der Waals surface area contributed by atoms with Crippen LogP contribution in [0.3, 0.4) is 0 Å². The van der Waals surface area contributed by atoms with E-state index in [9.17, 15) is 102 Å². The number of hydrogen-bond acceptors (Lipinski definition) is 33. The van der Waals surface area contributed by atoms with Gasteiger partial charge in [0, 0.05) is 0 Å². The molecular formula is C55H90O33.